The van der Waals surface area contributed by atoms with Gasteiger partial charge in [0.1, 0.15) is 5.82 Å². The maximum atomic E-state index is 13.5. The Morgan fingerprint density at radius 1 is 0.489 bits per heavy atom. The van der Waals surface area contributed by atoms with Crippen molar-refractivity contribution in [1.29, 1.82) is 0 Å². The highest BCUT2D eigenvalue weighted by molar-refractivity contribution is 6.37. The number of nitrogens with zero attached hydrogens (tertiary/aromatic N) is 3. The van der Waals surface area contributed by atoms with Crippen molar-refractivity contribution >= 4 is 67.6 Å². The van der Waals surface area contributed by atoms with E-state index in [1.807, 2.05) is 48.5 Å². The molecule has 1 N–H and O–H groups in total. The van der Waals surface area contributed by atoms with E-state index in [1.54, 1.807) is 66.7 Å². The second-order valence-corrected chi connectivity index (χ2v) is 11.1. The van der Waals surface area contributed by atoms with Crippen molar-refractivity contribution in [3.05, 3.63) is 138 Å². The van der Waals surface area contributed by atoms with Gasteiger partial charge in [0.05, 0.1) is 22.4 Å². The Morgan fingerprint density at radius 3 is 1.42 bits per heavy atom. The van der Waals surface area contributed by atoms with Crippen LogP contribution in [0.3, 0.4) is 0 Å². The van der Waals surface area contributed by atoms with Crippen LogP contribution in [0, 0.1) is 0 Å². The van der Waals surface area contributed by atoms with Crippen LogP contribution in [-0.2, 0) is 0 Å². The molecule has 0 aliphatic carbocycles. The molecule has 0 saturated carbocycles. The van der Waals surface area contributed by atoms with E-state index in [0.717, 1.165) is 21.9 Å². The van der Waals surface area contributed by atoms with E-state index in [9.17, 15) is 19.2 Å². The van der Waals surface area contributed by atoms with Crippen LogP contribution in [0.25, 0.3) is 44.0 Å². The lowest BCUT2D eigenvalue weighted by Gasteiger charge is -2.27. The summed E-state index contributed by atoms with van der Waals surface area (Å²) in [7, 11) is 0. The van der Waals surface area contributed by atoms with E-state index in [-0.39, 0.29) is 23.6 Å². The number of fused-ring (bicyclic) bond motifs is 1. The minimum Gasteiger partial charge on any atom is -0.338 e. The van der Waals surface area contributed by atoms with Crippen LogP contribution in [0.5, 0.6) is 0 Å². The smallest absolute Gasteiger partial charge is 0.265 e. The molecule has 0 spiro atoms. The highest BCUT2D eigenvalue weighted by atomic mass is 16.2. The van der Waals surface area contributed by atoms with Crippen molar-refractivity contribution in [2.24, 2.45) is 0 Å². The summed E-state index contributed by atoms with van der Waals surface area (Å²) < 4.78 is 0. The fourth-order valence-corrected chi connectivity index (χ4v) is 6.57. The Kier molecular flexibility index (Phi) is 5.05. The van der Waals surface area contributed by atoms with Gasteiger partial charge in [-0.3, -0.25) is 19.2 Å². The molecule has 2 aliphatic heterocycles. The van der Waals surface area contributed by atoms with Crippen LogP contribution >= 0.6 is 0 Å². The van der Waals surface area contributed by atoms with Gasteiger partial charge >= 0.3 is 0 Å². The fourth-order valence-electron chi connectivity index (χ4n) is 6.57. The number of hydrogen-bond acceptors (Lipinski definition) is 5. The molecule has 0 radical (unpaired) electrons. The first-order valence-corrected chi connectivity index (χ1v) is 14.4. The van der Waals surface area contributed by atoms with Gasteiger partial charge in [-0.15, -0.1) is 0 Å². The molecule has 8 heteroatoms. The first kappa shape index (κ1) is 25.1. The first-order valence-electron chi connectivity index (χ1n) is 14.4. The molecule has 45 heavy (non-hydrogen) atoms. The van der Waals surface area contributed by atoms with Crippen LogP contribution in [-0.4, -0.2) is 33.6 Å². The van der Waals surface area contributed by atoms with Crippen LogP contribution in [0.1, 0.15) is 41.4 Å². The van der Waals surface area contributed by atoms with Crippen LogP contribution in [0.4, 0.5) is 11.4 Å². The summed E-state index contributed by atoms with van der Waals surface area (Å²) in [6.07, 6.45) is 0. The molecular formula is C37H20N4O4. The van der Waals surface area contributed by atoms with Gasteiger partial charge in [-0.1, -0.05) is 48.5 Å². The third-order valence-electron chi connectivity index (χ3n) is 8.67. The highest BCUT2D eigenvalue weighted by Gasteiger charge is 2.35. The molecule has 0 unspecified atom stereocenters. The van der Waals surface area contributed by atoms with Crippen LogP contribution in [0.2, 0.25) is 0 Å². The molecule has 1 aromatic heterocycles. The molecule has 7 aromatic rings. The first-order chi connectivity index (χ1) is 22.0. The summed E-state index contributed by atoms with van der Waals surface area (Å²) in [5.41, 5.74) is 4.87. The van der Waals surface area contributed by atoms with Crippen molar-refractivity contribution in [3.63, 3.8) is 0 Å². The predicted octanol–water partition coefficient (Wildman–Crippen LogP) is 7.14. The number of aromatic nitrogens is 2. The molecule has 3 heterocycles. The molecule has 9 rings (SSSR count). The van der Waals surface area contributed by atoms with Gasteiger partial charge in [-0.05, 0) is 77.5 Å². The maximum Gasteiger partial charge on any atom is 0.265 e. The average Bonchev–Trinajstić information content (AvgIpc) is 3.50. The number of imidazole rings is 1. The SMILES string of the molecule is O=C1c2cccc3cccc(c23)C(=O)N1c1ccc(-c2nc3cc(N4C(=O)c5cccc6cccc(c56)C4=O)ccc3[nH]2)cc1. The van der Waals surface area contributed by atoms with E-state index in [1.165, 1.54) is 9.80 Å². The standard InChI is InChI=1S/C37H20N4O4/c42-34-25-9-1-5-20-6-2-10-26(31(20)25)35(43)40(34)23-15-13-22(14-16-23)33-38-29-18-17-24(19-30(29)39-33)41-36(44)27-11-3-7-21-8-4-12-28(32(21)27)37(41)45/h1-19H,(H,38,39). The van der Waals surface area contributed by atoms with Gasteiger partial charge in [-0.2, -0.15) is 0 Å². The molecule has 212 valence electrons. The number of carbonyl (C=O) groups is 4. The molecule has 4 amide bonds. The zero-order valence-corrected chi connectivity index (χ0v) is 23.4. The normalized spacial score (nSPS) is 14.3. The molecular weight excluding hydrogens is 564 g/mol. The van der Waals surface area contributed by atoms with Gasteiger partial charge < -0.3 is 4.98 Å². The Morgan fingerprint density at radius 2 is 0.933 bits per heavy atom. The fraction of sp³-hybridized carbons (Fsp3) is 0. The zero-order valence-electron chi connectivity index (χ0n) is 23.4. The molecule has 0 atom stereocenters. The van der Waals surface area contributed by atoms with Crippen molar-refractivity contribution in [2.45, 2.75) is 0 Å². The van der Waals surface area contributed by atoms with Crippen molar-refractivity contribution in [3.8, 4) is 11.4 Å². The molecule has 0 fully saturated rings. The summed E-state index contributed by atoms with van der Waals surface area (Å²) in [4.78, 5) is 64.4. The Labute approximate surface area is 255 Å². The number of hydrogen-bond donors (Lipinski definition) is 1. The van der Waals surface area contributed by atoms with Gasteiger partial charge in [0, 0.05) is 38.6 Å². The molecule has 2 aliphatic rings. The van der Waals surface area contributed by atoms with E-state index in [0.29, 0.717) is 55.7 Å². The second kappa shape index (κ2) is 9.05. The number of imide groups is 2. The lowest BCUT2D eigenvalue weighted by Crippen LogP contribution is -2.40. The van der Waals surface area contributed by atoms with Crippen molar-refractivity contribution in [2.75, 3.05) is 9.80 Å². The van der Waals surface area contributed by atoms with E-state index in [2.05, 4.69) is 4.98 Å². The van der Waals surface area contributed by atoms with Crippen molar-refractivity contribution in [1.82, 2.24) is 9.97 Å². The van der Waals surface area contributed by atoms with Gasteiger partial charge in [-0.25, -0.2) is 14.8 Å². The minimum absolute atomic E-state index is 0.367. The Bertz CT molecular complexity index is 2380. The third kappa shape index (κ3) is 3.50. The topological polar surface area (TPSA) is 103 Å². The van der Waals surface area contributed by atoms with Crippen molar-refractivity contribution < 1.29 is 19.2 Å². The van der Waals surface area contributed by atoms with E-state index >= 15 is 0 Å². The van der Waals surface area contributed by atoms with Crippen LogP contribution in [0.15, 0.2) is 115 Å². The second-order valence-electron chi connectivity index (χ2n) is 11.1. The number of aromatic amines is 1. The monoisotopic (exact) mass is 584 g/mol. The zero-order chi connectivity index (χ0) is 30.4. The molecule has 0 saturated heterocycles. The summed E-state index contributed by atoms with van der Waals surface area (Å²) in [6, 6.07) is 34.1. The summed E-state index contributed by atoms with van der Waals surface area (Å²) in [6.45, 7) is 0. The number of rotatable bonds is 3. The Hall–Kier alpha value is -6.41. The Balaban J connectivity index is 1.05. The maximum absolute atomic E-state index is 13.5. The van der Waals surface area contributed by atoms with Gasteiger partial charge in [0.2, 0.25) is 0 Å². The van der Waals surface area contributed by atoms with Gasteiger partial charge in [0.15, 0.2) is 0 Å². The van der Waals surface area contributed by atoms with E-state index in [4.69, 9.17) is 4.98 Å². The lowest BCUT2D eigenvalue weighted by atomic mass is 9.93. The van der Waals surface area contributed by atoms with Crippen LogP contribution < -0.4 is 9.80 Å². The number of benzene rings is 6. The lowest BCUT2D eigenvalue weighted by molar-refractivity contribution is 0.0877. The average molecular weight is 585 g/mol. The molecule has 8 nitrogen and oxygen atoms in total. The largest absolute Gasteiger partial charge is 0.338 e. The molecule has 6 aromatic carbocycles. The summed E-state index contributed by atoms with van der Waals surface area (Å²) in [5.74, 6) is -0.930. The number of carbonyl (C=O) groups excluding carboxylic acids is 4. The predicted molar refractivity (Wildman–Crippen MR) is 172 cm³/mol. The number of anilines is 2. The third-order valence-corrected chi connectivity index (χ3v) is 8.67. The highest BCUT2D eigenvalue weighted by Crippen LogP contribution is 2.36. The quantitative estimate of drug-likeness (QED) is 0.223. The minimum atomic E-state index is -0.379. The number of nitrogens with one attached hydrogen (secondary N) is 1. The molecule has 0 bridgehead atoms. The summed E-state index contributed by atoms with van der Waals surface area (Å²) in [5, 5.41) is 3.05. The van der Waals surface area contributed by atoms with E-state index < -0.39 is 0 Å². The number of amides is 4. The van der Waals surface area contributed by atoms with Gasteiger partial charge in [0.25, 0.3) is 23.6 Å². The summed E-state index contributed by atoms with van der Waals surface area (Å²) >= 11 is 0. The number of H-pyrrole nitrogens is 1.